The summed E-state index contributed by atoms with van der Waals surface area (Å²) in [6.07, 6.45) is 0. The van der Waals surface area contributed by atoms with Crippen LogP contribution in [0.4, 0.5) is 0 Å². The predicted octanol–water partition coefficient (Wildman–Crippen LogP) is 5.30. The lowest BCUT2D eigenvalue weighted by Gasteiger charge is -2.42. The molecule has 0 amide bonds. The van der Waals surface area contributed by atoms with Crippen LogP contribution >= 0.6 is 8.22 Å². The van der Waals surface area contributed by atoms with E-state index in [-0.39, 0.29) is 5.78 Å². The van der Waals surface area contributed by atoms with Gasteiger partial charge in [0.1, 0.15) is 11.0 Å². The van der Waals surface area contributed by atoms with Crippen LogP contribution in [0.15, 0.2) is 59.5 Å². The molecular formula is C22H34N3OPS. The van der Waals surface area contributed by atoms with E-state index in [1.54, 1.807) is 0 Å². The minimum absolute atomic E-state index is 0.00173. The molecule has 1 N–H and O–H groups in total. The van der Waals surface area contributed by atoms with E-state index in [2.05, 4.69) is 66.0 Å². The Balaban J connectivity index is 2.43. The van der Waals surface area contributed by atoms with Gasteiger partial charge in [0.05, 0.1) is 18.9 Å². The zero-order valence-electron chi connectivity index (χ0n) is 17.8. The van der Waals surface area contributed by atoms with Crippen LogP contribution in [0.3, 0.4) is 0 Å². The minimum Gasteiger partial charge on any atom is -0.269 e. The number of hydrogen-bond acceptors (Lipinski definition) is 3. The standard InChI is InChI=1S/C22H34N3OPS/c1-6-24(7-2)27(25(8-3)9-4)22(20-13-11-10-12-14-20)23-28(26)21-17-15-19(5)16-18-21/h10-18,22-23H,6-9H2,1-5H3/t22?,28-/m1/s1. The number of benzene rings is 2. The second kappa shape index (κ2) is 11.8. The van der Waals surface area contributed by atoms with Crippen molar-refractivity contribution >= 4 is 19.2 Å². The van der Waals surface area contributed by atoms with Gasteiger partial charge < -0.3 is 0 Å². The van der Waals surface area contributed by atoms with Gasteiger partial charge in [-0.3, -0.25) is 9.34 Å². The van der Waals surface area contributed by atoms with Crippen molar-refractivity contribution in [3.63, 3.8) is 0 Å². The first-order chi connectivity index (χ1) is 13.5. The Morgan fingerprint density at radius 2 is 1.36 bits per heavy atom. The molecular weight excluding hydrogens is 385 g/mol. The summed E-state index contributed by atoms with van der Waals surface area (Å²) in [4.78, 5) is 0.820. The van der Waals surface area contributed by atoms with Gasteiger partial charge in [-0.1, -0.05) is 75.7 Å². The monoisotopic (exact) mass is 419 g/mol. The van der Waals surface area contributed by atoms with E-state index in [4.69, 9.17) is 0 Å². The second-order valence-electron chi connectivity index (χ2n) is 6.61. The Bertz CT molecular complexity index is 706. The third-order valence-electron chi connectivity index (χ3n) is 4.84. The Hall–Kier alpha value is -1.10. The molecule has 4 nitrogen and oxygen atoms in total. The third kappa shape index (κ3) is 5.95. The Morgan fingerprint density at radius 3 is 1.82 bits per heavy atom. The van der Waals surface area contributed by atoms with Gasteiger partial charge in [0.2, 0.25) is 0 Å². The molecule has 0 aliphatic rings. The molecule has 28 heavy (non-hydrogen) atoms. The quantitative estimate of drug-likeness (QED) is 0.502. The first kappa shape index (κ1) is 23.2. The van der Waals surface area contributed by atoms with E-state index >= 15 is 0 Å². The Kier molecular flexibility index (Phi) is 9.76. The molecule has 2 rings (SSSR count). The maximum absolute atomic E-state index is 13.2. The highest BCUT2D eigenvalue weighted by Crippen LogP contribution is 2.55. The average molecular weight is 420 g/mol. The van der Waals surface area contributed by atoms with Crippen molar-refractivity contribution in [2.45, 2.75) is 45.3 Å². The smallest absolute Gasteiger partial charge is 0.125 e. The molecule has 0 saturated heterocycles. The van der Waals surface area contributed by atoms with Crippen molar-refractivity contribution in [1.29, 1.82) is 0 Å². The van der Waals surface area contributed by atoms with Crippen LogP contribution in [0, 0.1) is 6.92 Å². The van der Waals surface area contributed by atoms with Crippen LogP contribution in [-0.2, 0) is 11.0 Å². The number of nitrogens with one attached hydrogen (secondary N) is 1. The first-order valence-corrected chi connectivity index (χ1v) is 12.6. The van der Waals surface area contributed by atoms with Crippen LogP contribution in [0.1, 0.15) is 44.6 Å². The van der Waals surface area contributed by atoms with Crippen molar-refractivity contribution in [3.8, 4) is 0 Å². The second-order valence-corrected chi connectivity index (χ2v) is 10.1. The molecule has 0 saturated carbocycles. The summed E-state index contributed by atoms with van der Waals surface area (Å²) in [6, 6.07) is 18.4. The highest BCUT2D eigenvalue weighted by molar-refractivity contribution is 7.83. The van der Waals surface area contributed by atoms with Crippen molar-refractivity contribution in [2.75, 3.05) is 26.2 Å². The maximum atomic E-state index is 13.2. The molecule has 0 bridgehead atoms. The lowest BCUT2D eigenvalue weighted by Crippen LogP contribution is -2.36. The lowest BCUT2D eigenvalue weighted by atomic mass is 10.2. The number of aryl methyl sites for hydroxylation is 1. The molecule has 2 aromatic carbocycles. The topological polar surface area (TPSA) is 35.6 Å². The molecule has 0 aliphatic heterocycles. The molecule has 0 fully saturated rings. The lowest BCUT2D eigenvalue weighted by molar-refractivity contribution is 0.412. The van der Waals surface area contributed by atoms with E-state index < -0.39 is 19.2 Å². The fourth-order valence-corrected chi connectivity index (χ4v) is 7.38. The SMILES string of the molecule is CCN(CC)P(C(N[S@](=O)c1ccc(C)cc1)c1ccccc1)N(CC)CC. The third-order valence-corrected chi connectivity index (χ3v) is 9.34. The number of nitrogens with zero attached hydrogens (tertiary/aromatic N) is 2. The van der Waals surface area contributed by atoms with Crippen LogP contribution in [0.2, 0.25) is 0 Å². The van der Waals surface area contributed by atoms with E-state index in [0.29, 0.717) is 0 Å². The molecule has 0 radical (unpaired) electrons. The van der Waals surface area contributed by atoms with Crippen LogP contribution in [-0.4, -0.2) is 39.7 Å². The summed E-state index contributed by atoms with van der Waals surface area (Å²) in [5, 5.41) is 0. The van der Waals surface area contributed by atoms with Gasteiger partial charge in [-0.05, 0) is 24.6 Å². The fourth-order valence-electron chi connectivity index (χ4n) is 3.25. The maximum Gasteiger partial charge on any atom is 0.125 e. The number of rotatable bonds is 11. The van der Waals surface area contributed by atoms with E-state index in [1.165, 1.54) is 11.1 Å². The minimum atomic E-state index is -1.27. The largest absolute Gasteiger partial charge is 0.269 e. The van der Waals surface area contributed by atoms with Crippen molar-refractivity contribution in [3.05, 3.63) is 65.7 Å². The van der Waals surface area contributed by atoms with Gasteiger partial charge in [-0.15, -0.1) is 0 Å². The van der Waals surface area contributed by atoms with Crippen LogP contribution < -0.4 is 4.72 Å². The number of hydrogen-bond donors (Lipinski definition) is 1. The van der Waals surface area contributed by atoms with E-state index in [0.717, 1.165) is 31.1 Å². The zero-order valence-corrected chi connectivity index (χ0v) is 19.5. The average Bonchev–Trinajstić information content (AvgIpc) is 2.73. The molecule has 0 spiro atoms. The normalized spacial score (nSPS) is 14.0. The molecule has 0 aliphatic carbocycles. The molecule has 0 aromatic heterocycles. The van der Waals surface area contributed by atoms with E-state index in [1.807, 2.05) is 37.3 Å². The molecule has 2 aromatic rings. The first-order valence-electron chi connectivity index (χ1n) is 10.1. The van der Waals surface area contributed by atoms with Crippen molar-refractivity contribution in [1.82, 2.24) is 14.1 Å². The van der Waals surface area contributed by atoms with Crippen molar-refractivity contribution < 1.29 is 4.21 Å². The summed E-state index contributed by atoms with van der Waals surface area (Å²) in [6.45, 7) is 14.8. The fraction of sp³-hybridized carbons (Fsp3) is 0.455. The van der Waals surface area contributed by atoms with Crippen LogP contribution in [0.25, 0.3) is 0 Å². The van der Waals surface area contributed by atoms with Crippen molar-refractivity contribution in [2.24, 2.45) is 0 Å². The summed E-state index contributed by atoms with van der Waals surface area (Å²) < 4.78 is 21.7. The summed E-state index contributed by atoms with van der Waals surface area (Å²) >= 11 is 0. The summed E-state index contributed by atoms with van der Waals surface area (Å²) in [5.41, 5.74) is 2.36. The van der Waals surface area contributed by atoms with Gasteiger partial charge in [-0.2, -0.15) is 0 Å². The summed E-state index contributed by atoms with van der Waals surface area (Å²) in [5.74, 6) is -0.00173. The molecule has 2 atom stereocenters. The van der Waals surface area contributed by atoms with Gasteiger partial charge in [0, 0.05) is 26.2 Å². The van der Waals surface area contributed by atoms with Gasteiger partial charge in [0.15, 0.2) is 0 Å². The van der Waals surface area contributed by atoms with Gasteiger partial charge in [0.25, 0.3) is 0 Å². The van der Waals surface area contributed by atoms with E-state index in [9.17, 15) is 4.21 Å². The predicted molar refractivity (Wildman–Crippen MR) is 123 cm³/mol. The Labute approximate surface area is 174 Å². The molecule has 154 valence electrons. The summed E-state index contributed by atoms with van der Waals surface area (Å²) in [7, 11) is -1.97. The highest BCUT2D eigenvalue weighted by Gasteiger charge is 2.33. The zero-order chi connectivity index (χ0) is 20.5. The molecule has 0 heterocycles. The molecule has 6 heteroatoms. The molecule has 1 unspecified atom stereocenters. The van der Waals surface area contributed by atoms with Gasteiger partial charge in [-0.25, -0.2) is 8.93 Å². The highest BCUT2D eigenvalue weighted by atomic mass is 32.2. The van der Waals surface area contributed by atoms with Gasteiger partial charge >= 0.3 is 0 Å². The van der Waals surface area contributed by atoms with Crippen LogP contribution in [0.5, 0.6) is 0 Å². The Morgan fingerprint density at radius 1 is 0.857 bits per heavy atom.